The minimum atomic E-state index is 0.174. The van der Waals surface area contributed by atoms with Crippen molar-refractivity contribution in [3.8, 4) is 0 Å². The van der Waals surface area contributed by atoms with Gasteiger partial charge in [-0.2, -0.15) is 0 Å². The van der Waals surface area contributed by atoms with E-state index in [1.807, 2.05) is 0 Å². The van der Waals surface area contributed by atoms with E-state index in [-0.39, 0.29) is 12.6 Å². The van der Waals surface area contributed by atoms with Gasteiger partial charge < -0.3 is 15.7 Å². The van der Waals surface area contributed by atoms with Crippen LogP contribution in [0.4, 0.5) is 0 Å². The molecule has 1 saturated carbocycles. The first-order chi connectivity index (χ1) is 7.33. The second-order valence-corrected chi connectivity index (χ2v) is 4.85. The van der Waals surface area contributed by atoms with E-state index in [9.17, 15) is 0 Å². The monoisotopic (exact) mass is 213 g/mol. The molecule has 1 saturated heterocycles. The van der Waals surface area contributed by atoms with Crippen molar-refractivity contribution in [3.63, 3.8) is 0 Å². The molecule has 1 aliphatic carbocycles. The van der Waals surface area contributed by atoms with Crippen molar-refractivity contribution in [1.82, 2.24) is 9.80 Å². The zero-order valence-corrected chi connectivity index (χ0v) is 9.44. The fourth-order valence-electron chi connectivity index (χ4n) is 2.32. The Labute approximate surface area is 92.0 Å². The molecule has 2 aliphatic rings. The third-order valence-electron chi connectivity index (χ3n) is 3.62. The molecule has 0 bridgehead atoms. The van der Waals surface area contributed by atoms with E-state index in [2.05, 4.69) is 9.80 Å². The number of nitrogens with two attached hydrogens (primary N) is 1. The van der Waals surface area contributed by atoms with Crippen LogP contribution in [0.2, 0.25) is 0 Å². The lowest BCUT2D eigenvalue weighted by atomic mass is 10.2. The Morgan fingerprint density at radius 3 is 2.33 bits per heavy atom. The zero-order chi connectivity index (χ0) is 10.7. The number of rotatable bonds is 5. The highest BCUT2D eigenvalue weighted by Crippen LogP contribution is 2.29. The summed E-state index contributed by atoms with van der Waals surface area (Å²) < 4.78 is 0. The van der Waals surface area contributed by atoms with Gasteiger partial charge in [0.25, 0.3) is 0 Å². The van der Waals surface area contributed by atoms with Gasteiger partial charge in [0.2, 0.25) is 0 Å². The third kappa shape index (κ3) is 3.14. The van der Waals surface area contributed by atoms with E-state index in [0.29, 0.717) is 6.54 Å². The molecule has 0 radical (unpaired) electrons. The maximum atomic E-state index is 9.16. The van der Waals surface area contributed by atoms with Crippen LogP contribution in [0.15, 0.2) is 0 Å². The van der Waals surface area contributed by atoms with E-state index in [4.69, 9.17) is 10.8 Å². The number of aliphatic hydroxyl groups is 1. The van der Waals surface area contributed by atoms with Crippen LogP contribution in [-0.4, -0.2) is 66.8 Å². The fourth-order valence-corrected chi connectivity index (χ4v) is 2.32. The Kier molecular flexibility index (Phi) is 3.97. The van der Waals surface area contributed by atoms with Crippen LogP contribution in [0.25, 0.3) is 0 Å². The molecule has 15 heavy (non-hydrogen) atoms. The Morgan fingerprint density at radius 1 is 1.20 bits per heavy atom. The van der Waals surface area contributed by atoms with Gasteiger partial charge in [0.15, 0.2) is 0 Å². The maximum absolute atomic E-state index is 9.16. The summed E-state index contributed by atoms with van der Waals surface area (Å²) in [5.41, 5.74) is 5.62. The smallest absolute Gasteiger partial charge is 0.0599 e. The Balaban J connectivity index is 1.70. The van der Waals surface area contributed by atoms with Gasteiger partial charge in [-0.25, -0.2) is 0 Å². The molecule has 1 unspecified atom stereocenters. The van der Waals surface area contributed by atoms with E-state index < -0.39 is 0 Å². The summed E-state index contributed by atoms with van der Waals surface area (Å²) in [6, 6.07) is 0.174. The normalized spacial score (nSPS) is 26.8. The molecule has 0 aromatic carbocycles. The number of aliphatic hydroxyl groups excluding tert-OH is 1. The highest BCUT2D eigenvalue weighted by Gasteiger charge is 2.27. The average Bonchev–Trinajstić information content (AvgIpc) is 3.06. The van der Waals surface area contributed by atoms with Crippen LogP contribution in [0, 0.1) is 5.92 Å². The number of hydrogen-bond acceptors (Lipinski definition) is 4. The van der Waals surface area contributed by atoms with Crippen molar-refractivity contribution in [1.29, 1.82) is 0 Å². The second kappa shape index (κ2) is 5.25. The first kappa shape index (κ1) is 11.3. The predicted molar refractivity (Wildman–Crippen MR) is 60.7 cm³/mol. The second-order valence-electron chi connectivity index (χ2n) is 4.85. The van der Waals surface area contributed by atoms with E-state index in [0.717, 1.165) is 32.1 Å². The van der Waals surface area contributed by atoms with Gasteiger partial charge in [0, 0.05) is 45.3 Å². The molecule has 2 fully saturated rings. The lowest BCUT2D eigenvalue weighted by molar-refractivity contribution is 0.0672. The van der Waals surface area contributed by atoms with Gasteiger partial charge in [-0.15, -0.1) is 0 Å². The summed E-state index contributed by atoms with van der Waals surface area (Å²) in [7, 11) is 0. The largest absolute Gasteiger partial charge is 0.395 e. The fraction of sp³-hybridized carbons (Fsp3) is 1.00. The molecule has 1 atom stereocenters. The molecule has 0 amide bonds. The van der Waals surface area contributed by atoms with Crippen molar-refractivity contribution in [2.45, 2.75) is 18.9 Å². The molecule has 2 rings (SSSR count). The Bertz CT molecular complexity index is 184. The number of hydrogen-bond donors (Lipinski definition) is 2. The van der Waals surface area contributed by atoms with Crippen LogP contribution in [0.5, 0.6) is 0 Å². The van der Waals surface area contributed by atoms with Crippen molar-refractivity contribution >= 4 is 0 Å². The van der Waals surface area contributed by atoms with E-state index in [1.54, 1.807) is 0 Å². The summed E-state index contributed by atoms with van der Waals surface area (Å²) in [6.45, 7) is 6.48. The van der Waals surface area contributed by atoms with Gasteiger partial charge >= 0.3 is 0 Å². The van der Waals surface area contributed by atoms with Crippen molar-refractivity contribution in [2.24, 2.45) is 11.7 Å². The molecular formula is C11H23N3O. The van der Waals surface area contributed by atoms with E-state index >= 15 is 0 Å². The summed E-state index contributed by atoms with van der Waals surface area (Å²) in [5.74, 6) is 0.986. The van der Waals surface area contributed by atoms with Crippen LogP contribution < -0.4 is 5.73 Å². The molecule has 4 heteroatoms. The molecule has 0 spiro atoms. The lowest BCUT2D eigenvalue weighted by Crippen LogP contribution is -2.53. The summed E-state index contributed by atoms with van der Waals surface area (Å²) >= 11 is 0. The SMILES string of the molecule is NCC(CO)N1CCN(CC2CC2)CC1. The lowest BCUT2D eigenvalue weighted by Gasteiger charge is -2.38. The van der Waals surface area contributed by atoms with Crippen molar-refractivity contribution in [2.75, 3.05) is 45.9 Å². The topological polar surface area (TPSA) is 52.7 Å². The van der Waals surface area contributed by atoms with Crippen molar-refractivity contribution < 1.29 is 5.11 Å². The highest BCUT2D eigenvalue weighted by atomic mass is 16.3. The molecule has 4 nitrogen and oxygen atoms in total. The minimum Gasteiger partial charge on any atom is -0.395 e. The first-order valence-corrected chi connectivity index (χ1v) is 6.11. The molecule has 1 heterocycles. The summed E-state index contributed by atoms with van der Waals surface area (Å²) in [4.78, 5) is 4.88. The van der Waals surface area contributed by atoms with Crippen LogP contribution in [-0.2, 0) is 0 Å². The Hall–Kier alpha value is -0.160. The van der Waals surface area contributed by atoms with Gasteiger partial charge in [0.05, 0.1) is 6.61 Å². The van der Waals surface area contributed by atoms with Gasteiger partial charge in [-0.3, -0.25) is 4.90 Å². The quantitative estimate of drug-likeness (QED) is 0.636. The molecular weight excluding hydrogens is 190 g/mol. The van der Waals surface area contributed by atoms with Gasteiger partial charge in [0.1, 0.15) is 0 Å². The molecule has 0 aromatic heterocycles. The number of nitrogens with zero attached hydrogens (tertiary/aromatic N) is 2. The van der Waals surface area contributed by atoms with Crippen LogP contribution in [0.3, 0.4) is 0 Å². The van der Waals surface area contributed by atoms with Crippen LogP contribution >= 0.6 is 0 Å². The maximum Gasteiger partial charge on any atom is 0.0599 e. The van der Waals surface area contributed by atoms with Gasteiger partial charge in [-0.1, -0.05) is 0 Å². The average molecular weight is 213 g/mol. The van der Waals surface area contributed by atoms with Gasteiger partial charge in [-0.05, 0) is 18.8 Å². The first-order valence-electron chi connectivity index (χ1n) is 6.11. The minimum absolute atomic E-state index is 0.174. The molecule has 0 aromatic rings. The third-order valence-corrected chi connectivity index (χ3v) is 3.62. The van der Waals surface area contributed by atoms with Crippen LogP contribution in [0.1, 0.15) is 12.8 Å². The number of piperazine rings is 1. The standard InChI is InChI=1S/C11H23N3O/c12-7-11(9-15)14-5-3-13(4-6-14)8-10-1-2-10/h10-11,15H,1-9,12H2. The van der Waals surface area contributed by atoms with Crippen molar-refractivity contribution in [3.05, 3.63) is 0 Å². The summed E-state index contributed by atoms with van der Waals surface area (Å²) in [5, 5.41) is 9.16. The summed E-state index contributed by atoms with van der Waals surface area (Å²) in [6.07, 6.45) is 2.87. The predicted octanol–water partition coefficient (Wildman–Crippen LogP) is -0.666. The van der Waals surface area contributed by atoms with E-state index in [1.165, 1.54) is 19.4 Å². The zero-order valence-electron chi connectivity index (χ0n) is 9.44. The molecule has 88 valence electrons. The molecule has 3 N–H and O–H groups in total. The molecule has 1 aliphatic heterocycles. The Morgan fingerprint density at radius 2 is 1.87 bits per heavy atom. The highest BCUT2D eigenvalue weighted by molar-refractivity contribution is 4.83.